The van der Waals surface area contributed by atoms with Gasteiger partial charge in [-0.1, -0.05) is 32.9 Å². The Labute approximate surface area is 320 Å². The topological polar surface area (TPSA) is 192 Å². The number of benzene rings is 3. The van der Waals surface area contributed by atoms with Crippen molar-refractivity contribution in [3.05, 3.63) is 111 Å². The molecule has 0 unspecified atom stereocenters. The van der Waals surface area contributed by atoms with Crippen molar-refractivity contribution in [1.29, 1.82) is 0 Å². The Balaban J connectivity index is 1.30. The number of fused-ring (bicyclic) bond motifs is 1. The molecule has 3 aromatic carbocycles. The maximum Gasteiger partial charge on any atom is 0.337 e. The van der Waals surface area contributed by atoms with Crippen molar-refractivity contribution in [2.24, 2.45) is 19.5 Å². The highest BCUT2D eigenvalue weighted by atomic mass is 32.2. The molecule has 0 aliphatic carbocycles. The molecule has 15 nitrogen and oxygen atoms in total. The number of nitrogens with one attached hydrogen (secondary N) is 3. The molecule has 0 aliphatic rings. The molecule has 0 aliphatic heterocycles. The summed E-state index contributed by atoms with van der Waals surface area (Å²) in [5.74, 6) is -4.84. The van der Waals surface area contributed by atoms with E-state index in [1.165, 1.54) is 46.8 Å². The third-order valence-electron chi connectivity index (χ3n) is 8.63. The molecule has 3 N–H and O–H groups in total. The molecule has 5 aromatic rings. The number of carbonyl (C=O) groups is 3. The van der Waals surface area contributed by atoms with E-state index in [0.717, 1.165) is 4.57 Å². The third-order valence-corrected chi connectivity index (χ3v) is 10.0. The summed E-state index contributed by atoms with van der Waals surface area (Å²) in [4.78, 5) is 68.6. The van der Waals surface area contributed by atoms with E-state index in [9.17, 15) is 32.4 Å². The third kappa shape index (κ3) is 8.86. The number of halogens is 2. The number of anilines is 2. The Morgan fingerprint density at radius 2 is 1.57 bits per heavy atom. The van der Waals surface area contributed by atoms with Gasteiger partial charge in [0, 0.05) is 31.3 Å². The van der Waals surface area contributed by atoms with Crippen LogP contribution in [0, 0.1) is 17.0 Å². The maximum absolute atomic E-state index is 15.3. The Kier molecular flexibility index (Phi) is 11.6. The number of nitrogens with zero attached hydrogens (tertiary/aromatic N) is 4. The van der Waals surface area contributed by atoms with Gasteiger partial charge in [-0.05, 0) is 74.7 Å². The first-order valence-electron chi connectivity index (χ1n) is 17.3. The smallest absolute Gasteiger partial charge is 0.337 e. The van der Waals surface area contributed by atoms with Gasteiger partial charge in [0.15, 0.2) is 11.2 Å². The first-order chi connectivity index (χ1) is 26.2. The van der Waals surface area contributed by atoms with Crippen LogP contribution in [-0.2, 0) is 44.9 Å². The molecule has 56 heavy (non-hydrogen) atoms. The molecule has 0 fully saturated rings. The highest BCUT2D eigenvalue weighted by molar-refractivity contribution is 7.92. The van der Waals surface area contributed by atoms with E-state index in [0.29, 0.717) is 23.4 Å². The van der Waals surface area contributed by atoms with E-state index in [-0.39, 0.29) is 40.5 Å². The molecule has 0 bridgehead atoms. The molecule has 2 heterocycles. The Bertz CT molecular complexity index is 2560. The summed E-state index contributed by atoms with van der Waals surface area (Å²) in [6.07, 6.45) is 0.996. The van der Waals surface area contributed by atoms with Gasteiger partial charge in [-0.15, -0.1) is 0 Å². The number of imidazole rings is 1. The molecule has 0 saturated heterocycles. The van der Waals surface area contributed by atoms with Crippen LogP contribution in [0.4, 0.5) is 20.2 Å². The normalized spacial score (nSPS) is 12.4. The molecule has 1 atom stereocenters. The standard InChI is InChI=1S/C38H41F2N7O8S/c1-21(2)55-35(50)29(17-10-22-8-13-24(14-9-22)47-34(49)31-32(41-20-45(31)6)46(7)37(47)52)43-33(48)26-18-28(40)30(19-27(26)39)44-56(53,54)25-15-11-23(12-16-25)42-36(51)38(3,4)5/h8-9,11-16,18-21,29,44H,10,17H2,1-7H3,(H,42,51)(H,43,48)/t29-/m0/s1. The lowest BCUT2D eigenvalue weighted by molar-refractivity contribution is -0.149. The van der Waals surface area contributed by atoms with E-state index in [4.69, 9.17) is 4.74 Å². The second-order valence-corrected chi connectivity index (χ2v) is 16.1. The van der Waals surface area contributed by atoms with Gasteiger partial charge >= 0.3 is 11.7 Å². The zero-order valence-electron chi connectivity index (χ0n) is 31.6. The Morgan fingerprint density at radius 3 is 2.18 bits per heavy atom. The number of ether oxygens (including phenoxy) is 1. The predicted molar refractivity (Wildman–Crippen MR) is 204 cm³/mol. The molecule has 5 rings (SSSR count). The van der Waals surface area contributed by atoms with Crippen LogP contribution in [-0.4, -0.2) is 57.0 Å². The molecule has 0 saturated carbocycles. The minimum atomic E-state index is -4.44. The summed E-state index contributed by atoms with van der Waals surface area (Å²) in [7, 11) is -1.29. The van der Waals surface area contributed by atoms with Gasteiger partial charge in [0.1, 0.15) is 17.7 Å². The van der Waals surface area contributed by atoms with Crippen molar-refractivity contribution >= 4 is 50.3 Å². The Hall–Kier alpha value is -6.17. The highest BCUT2D eigenvalue weighted by Gasteiger charge is 2.27. The largest absolute Gasteiger partial charge is 0.461 e. The molecule has 0 radical (unpaired) electrons. The molecule has 2 aromatic heterocycles. The number of aromatic nitrogens is 4. The van der Waals surface area contributed by atoms with Gasteiger partial charge in [0.05, 0.1) is 34.3 Å². The average Bonchev–Trinajstić information content (AvgIpc) is 3.52. The summed E-state index contributed by atoms with van der Waals surface area (Å²) >= 11 is 0. The second kappa shape index (κ2) is 15.9. The molecule has 0 spiro atoms. The number of sulfonamides is 1. The predicted octanol–water partition coefficient (Wildman–Crippen LogP) is 4.17. The number of aryl methyl sites for hydroxylation is 3. The number of rotatable bonds is 12. The summed E-state index contributed by atoms with van der Waals surface area (Å²) in [6.45, 7) is 8.31. The molecule has 18 heteroatoms. The number of amides is 2. The van der Waals surface area contributed by atoms with Gasteiger partial charge in [0.25, 0.3) is 21.5 Å². The molecule has 2 amide bonds. The quantitative estimate of drug-likeness (QED) is 0.156. The summed E-state index contributed by atoms with van der Waals surface area (Å²) in [6, 6.07) is 11.1. The van der Waals surface area contributed by atoms with Crippen LogP contribution in [0.15, 0.2) is 81.5 Å². The second-order valence-electron chi connectivity index (χ2n) is 14.4. The van der Waals surface area contributed by atoms with Crippen LogP contribution in [0.3, 0.4) is 0 Å². The first-order valence-corrected chi connectivity index (χ1v) is 18.8. The number of carbonyl (C=O) groups excluding carboxylic acids is 3. The van der Waals surface area contributed by atoms with Crippen LogP contribution in [0.1, 0.15) is 57.0 Å². The fourth-order valence-corrected chi connectivity index (χ4v) is 6.59. The SMILES string of the molecule is CC(C)OC(=O)[C@H](CCc1ccc(-n2c(=O)c3c(ncn3C)n(C)c2=O)cc1)NC(=O)c1cc(F)c(NS(=O)(=O)c2ccc(NC(=O)C(C)(C)C)cc2)cc1F. The van der Waals surface area contributed by atoms with Crippen LogP contribution >= 0.6 is 0 Å². The van der Waals surface area contributed by atoms with E-state index in [1.54, 1.807) is 65.9 Å². The van der Waals surface area contributed by atoms with Crippen molar-refractivity contribution in [3.8, 4) is 5.69 Å². The van der Waals surface area contributed by atoms with Crippen molar-refractivity contribution in [2.45, 2.75) is 64.5 Å². The maximum atomic E-state index is 15.3. The van der Waals surface area contributed by atoms with Crippen molar-refractivity contribution in [2.75, 3.05) is 10.0 Å². The van der Waals surface area contributed by atoms with E-state index >= 15 is 8.78 Å². The monoisotopic (exact) mass is 793 g/mol. The minimum absolute atomic E-state index is 0.0417. The molecular weight excluding hydrogens is 753 g/mol. The molecular formula is C38H41F2N7O8S. The highest BCUT2D eigenvalue weighted by Crippen LogP contribution is 2.25. The number of hydrogen-bond acceptors (Lipinski definition) is 9. The molecule has 296 valence electrons. The van der Waals surface area contributed by atoms with Gasteiger partial charge in [-0.3, -0.25) is 23.7 Å². The van der Waals surface area contributed by atoms with Gasteiger partial charge in [-0.25, -0.2) is 36.3 Å². The van der Waals surface area contributed by atoms with Crippen molar-refractivity contribution < 1.29 is 36.3 Å². The lowest BCUT2D eigenvalue weighted by Gasteiger charge is -2.20. The lowest BCUT2D eigenvalue weighted by atomic mass is 9.95. The van der Waals surface area contributed by atoms with Crippen LogP contribution in [0.2, 0.25) is 0 Å². The van der Waals surface area contributed by atoms with Gasteiger partial charge < -0.3 is 19.9 Å². The Morgan fingerprint density at radius 1 is 0.929 bits per heavy atom. The zero-order chi connectivity index (χ0) is 41.3. The van der Waals surface area contributed by atoms with Crippen LogP contribution in [0.5, 0.6) is 0 Å². The fraction of sp³-hybridized carbons (Fsp3) is 0.316. The van der Waals surface area contributed by atoms with Crippen LogP contribution in [0.25, 0.3) is 16.9 Å². The summed E-state index contributed by atoms with van der Waals surface area (Å²) in [5.41, 5.74) is -1.70. The fourth-order valence-electron chi connectivity index (χ4n) is 5.53. The van der Waals surface area contributed by atoms with Crippen molar-refractivity contribution in [1.82, 2.24) is 24.0 Å². The van der Waals surface area contributed by atoms with Gasteiger partial charge in [0.2, 0.25) is 5.91 Å². The average molecular weight is 794 g/mol. The zero-order valence-corrected chi connectivity index (χ0v) is 32.5. The van der Waals surface area contributed by atoms with Crippen molar-refractivity contribution in [3.63, 3.8) is 0 Å². The van der Waals surface area contributed by atoms with E-state index in [1.807, 2.05) is 4.72 Å². The number of esters is 1. The van der Waals surface area contributed by atoms with Crippen LogP contribution < -0.4 is 26.6 Å². The van der Waals surface area contributed by atoms with Gasteiger partial charge in [-0.2, -0.15) is 0 Å². The lowest BCUT2D eigenvalue weighted by Crippen LogP contribution is -2.43. The minimum Gasteiger partial charge on any atom is -0.461 e. The van der Waals surface area contributed by atoms with E-state index < -0.39 is 73.6 Å². The summed E-state index contributed by atoms with van der Waals surface area (Å²) < 4.78 is 67.6. The summed E-state index contributed by atoms with van der Waals surface area (Å²) in [5, 5.41) is 5.04. The first kappa shape index (κ1) is 41.0. The van der Waals surface area contributed by atoms with E-state index in [2.05, 4.69) is 15.6 Å². The number of hydrogen-bond donors (Lipinski definition) is 3.